The molecule has 0 bridgehead atoms. The molecule has 5 heteroatoms. The number of nitrogens with zero attached hydrogens (tertiary/aromatic N) is 1. The van der Waals surface area contributed by atoms with Gasteiger partial charge in [-0.25, -0.2) is 4.98 Å². The summed E-state index contributed by atoms with van der Waals surface area (Å²) in [5, 5.41) is 1.01. The zero-order valence-electron chi connectivity index (χ0n) is 8.15. The van der Waals surface area contributed by atoms with Crippen molar-refractivity contribution in [3.63, 3.8) is 0 Å². The first-order chi connectivity index (χ1) is 7.65. The molecule has 3 nitrogen and oxygen atoms in total. The third-order valence-electron chi connectivity index (χ3n) is 1.86. The lowest BCUT2D eigenvalue weighted by atomic mass is 10.3. The lowest BCUT2D eigenvalue weighted by molar-refractivity contribution is 0.463. The predicted molar refractivity (Wildman–Crippen MR) is 65.2 cm³/mol. The van der Waals surface area contributed by atoms with E-state index in [-0.39, 0.29) is 0 Å². The van der Waals surface area contributed by atoms with Gasteiger partial charge in [-0.2, -0.15) is 0 Å². The lowest BCUT2D eigenvalue weighted by Gasteiger charge is -2.06. The maximum atomic E-state index is 5.92. The molecule has 0 aliphatic carbocycles. The van der Waals surface area contributed by atoms with Crippen LogP contribution >= 0.6 is 23.2 Å². The van der Waals surface area contributed by atoms with Crippen molar-refractivity contribution in [3.05, 3.63) is 46.6 Å². The van der Waals surface area contributed by atoms with Crippen LogP contribution < -0.4 is 10.5 Å². The second-order valence-electron chi connectivity index (χ2n) is 3.11. The number of halogens is 2. The summed E-state index contributed by atoms with van der Waals surface area (Å²) in [6.45, 7) is 0. The molecule has 0 saturated carbocycles. The topological polar surface area (TPSA) is 48.1 Å². The van der Waals surface area contributed by atoms with Crippen molar-refractivity contribution in [3.8, 4) is 11.6 Å². The minimum absolute atomic E-state index is 0.318. The van der Waals surface area contributed by atoms with Crippen molar-refractivity contribution in [2.45, 2.75) is 0 Å². The molecule has 1 aromatic carbocycles. The molecular weight excluding hydrogens is 247 g/mol. The minimum Gasteiger partial charge on any atom is -0.438 e. The van der Waals surface area contributed by atoms with Crippen molar-refractivity contribution in [1.29, 1.82) is 0 Å². The largest absolute Gasteiger partial charge is 0.438 e. The van der Waals surface area contributed by atoms with Gasteiger partial charge in [0.1, 0.15) is 10.8 Å². The molecule has 1 heterocycles. The zero-order valence-corrected chi connectivity index (χ0v) is 9.66. The van der Waals surface area contributed by atoms with Gasteiger partial charge in [0, 0.05) is 5.02 Å². The van der Waals surface area contributed by atoms with Gasteiger partial charge in [-0.15, -0.1) is 0 Å². The second kappa shape index (κ2) is 4.60. The maximum absolute atomic E-state index is 5.92. The molecular formula is C11H8Cl2N2O. The third kappa shape index (κ3) is 2.56. The number of aromatic nitrogens is 1. The van der Waals surface area contributed by atoms with E-state index >= 15 is 0 Å². The van der Waals surface area contributed by atoms with Crippen LogP contribution in [0.5, 0.6) is 11.6 Å². The van der Waals surface area contributed by atoms with E-state index in [0.29, 0.717) is 27.4 Å². The molecule has 2 rings (SSSR count). The van der Waals surface area contributed by atoms with Crippen LogP contribution in [0.2, 0.25) is 10.0 Å². The summed E-state index contributed by atoms with van der Waals surface area (Å²) in [4.78, 5) is 3.98. The zero-order chi connectivity index (χ0) is 11.5. The lowest BCUT2D eigenvalue weighted by Crippen LogP contribution is -1.91. The van der Waals surface area contributed by atoms with Crippen LogP contribution in [-0.4, -0.2) is 4.98 Å². The summed E-state index contributed by atoms with van der Waals surface area (Å²) in [5.74, 6) is 0.932. The van der Waals surface area contributed by atoms with Crippen LogP contribution in [0, 0.1) is 0 Å². The highest BCUT2D eigenvalue weighted by Gasteiger charge is 2.04. The Bertz CT molecular complexity index is 500. The molecule has 0 aliphatic heterocycles. The fourth-order valence-electron chi connectivity index (χ4n) is 1.13. The molecule has 0 radical (unpaired) electrons. The minimum atomic E-state index is 0.318. The highest BCUT2D eigenvalue weighted by atomic mass is 35.5. The quantitative estimate of drug-likeness (QED) is 0.888. The summed E-state index contributed by atoms with van der Waals surface area (Å²) in [7, 11) is 0. The molecule has 2 aromatic rings. The average Bonchev–Trinajstić information content (AvgIpc) is 2.25. The first-order valence-electron chi connectivity index (χ1n) is 4.49. The van der Waals surface area contributed by atoms with Gasteiger partial charge in [-0.3, -0.25) is 0 Å². The highest BCUT2D eigenvalue weighted by Crippen LogP contribution is 2.28. The highest BCUT2D eigenvalue weighted by molar-refractivity contribution is 6.32. The van der Waals surface area contributed by atoms with E-state index in [1.165, 1.54) is 6.20 Å². The molecule has 0 amide bonds. The average molecular weight is 255 g/mol. The maximum Gasteiger partial charge on any atom is 0.238 e. The molecule has 0 atom stereocenters. The molecule has 0 saturated heterocycles. The van der Waals surface area contributed by atoms with Crippen LogP contribution in [0.15, 0.2) is 36.5 Å². The van der Waals surface area contributed by atoms with E-state index in [0.717, 1.165) is 0 Å². The summed E-state index contributed by atoms with van der Waals surface area (Å²) in [6.07, 6.45) is 1.48. The number of ether oxygens (including phenoxy) is 1. The van der Waals surface area contributed by atoms with E-state index in [4.69, 9.17) is 33.7 Å². The van der Waals surface area contributed by atoms with Gasteiger partial charge in [0.2, 0.25) is 5.88 Å². The molecule has 0 fully saturated rings. The van der Waals surface area contributed by atoms with Gasteiger partial charge in [0.25, 0.3) is 0 Å². The summed E-state index contributed by atoms with van der Waals surface area (Å²) < 4.78 is 5.46. The van der Waals surface area contributed by atoms with Crippen molar-refractivity contribution in [1.82, 2.24) is 4.98 Å². The van der Waals surface area contributed by atoms with E-state index in [9.17, 15) is 0 Å². The van der Waals surface area contributed by atoms with Crippen molar-refractivity contribution >= 4 is 28.9 Å². The molecule has 1 aromatic heterocycles. The Morgan fingerprint density at radius 1 is 1.12 bits per heavy atom. The van der Waals surface area contributed by atoms with Crippen LogP contribution in [0.25, 0.3) is 0 Å². The Morgan fingerprint density at radius 3 is 2.44 bits per heavy atom. The van der Waals surface area contributed by atoms with Gasteiger partial charge in [0.15, 0.2) is 0 Å². The number of anilines is 1. The van der Waals surface area contributed by atoms with Gasteiger partial charge >= 0.3 is 0 Å². The van der Waals surface area contributed by atoms with Crippen molar-refractivity contribution in [2.75, 3.05) is 5.73 Å². The van der Waals surface area contributed by atoms with Gasteiger partial charge in [-0.05, 0) is 30.3 Å². The Balaban J connectivity index is 2.23. The van der Waals surface area contributed by atoms with E-state index in [1.807, 2.05) is 0 Å². The normalized spacial score (nSPS) is 10.1. The smallest absolute Gasteiger partial charge is 0.238 e. The third-order valence-corrected chi connectivity index (χ3v) is 2.38. The number of hydrogen-bond donors (Lipinski definition) is 1. The number of hydrogen-bond acceptors (Lipinski definition) is 3. The molecule has 0 spiro atoms. The number of pyridine rings is 1. The second-order valence-corrected chi connectivity index (χ2v) is 3.96. The molecule has 2 N–H and O–H groups in total. The fraction of sp³-hybridized carbons (Fsp3) is 0. The summed E-state index contributed by atoms with van der Waals surface area (Å²) >= 11 is 11.7. The standard InChI is InChI=1S/C11H8Cl2N2O/c12-7-1-3-9(4-2-7)16-11-10(13)5-8(14)6-15-11/h1-6H,14H2. The number of nitrogens with two attached hydrogens (primary N) is 1. The Labute approximate surface area is 103 Å². The number of benzene rings is 1. The SMILES string of the molecule is Nc1cnc(Oc2ccc(Cl)cc2)c(Cl)c1. The monoisotopic (exact) mass is 254 g/mol. The molecule has 0 aliphatic rings. The first-order valence-corrected chi connectivity index (χ1v) is 5.25. The Morgan fingerprint density at radius 2 is 1.81 bits per heavy atom. The summed E-state index contributed by atoms with van der Waals surface area (Å²) in [5.41, 5.74) is 6.01. The Hall–Kier alpha value is -1.45. The molecule has 82 valence electrons. The van der Waals surface area contributed by atoms with Gasteiger partial charge in [-0.1, -0.05) is 23.2 Å². The molecule has 0 unspecified atom stereocenters. The van der Waals surface area contributed by atoms with Crippen LogP contribution in [0.1, 0.15) is 0 Å². The van der Waals surface area contributed by atoms with E-state index in [2.05, 4.69) is 4.98 Å². The van der Waals surface area contributed by atoms with Crippen molar-refractivity contribution < 1.29 is 4.74 Å². The molecule has 16 heavy (non-hydrogen) atoms. The number of rotatable bonds is 2. The fourth-order valence-corrected chi connectivity index (χ4v) is 1.47. The van der Waals surface area contributed by atoms with Crippen LogP contribution in [-0.2, 0) is 0 Å². The van der Waals surface area contributed by atoms with E-state index < -0.39 is 0 Å². The predicted octanol–water partition coefficient (Wildman–Crippen LogP) is 3.76. The summed E-state index contributed by atoms with van der Waals surface area (Å²) in [6, 6.07) is 8.50. The van der Waals surface area contributed by atoms with Gasteiger partial charge in [0.05, 0.1) is 11.9 Å². The Kier molecular flexibility index (Phi) is 3.17. The van der Waals surface area contributed by atoms with E-state index in [1.54, 1.807) is 30.3 Å². The van der Waals surface area contributed by atoms with Crippen LogP contribution in [0.4, 0.5) is 5.69 Å². The first kappa shape index (κ1) is 11.0. The number of nitrogen functional groups attached to an aromatic ring is 1. The van der Waals surface area contributed by atoms with Crippen molar-refractivity contribution in [2.24, 2.45) is 0 Å². The van der Waals surface area contributed by atoms with Crippen LogP contribution in [0.3, 0.4) is 0 Å². The van der Waals surface area contributed by atoms with Gasteiger partial charge < -0.3 is 10.5 Å².